The molecule has 20 heavy (non-hydrogen) atoms. The van der Waals surface area contributed by atoms with Crippen LogP contribution in [0, 0.1) is 16.0 Å². The van der Waals surface area contributed by atoms with Crippen molar-refractivity contribution in [3.63, 3.8) is 0 Å². The number of benzene rings is 1. The van der Waals surface area contributed by atoms with E-state index in [1.54, 1.807) is 4.90 Å². The number of nitro benzene ring substituents is 1. The van der Waals surface area contributed by atoms with E-state index in [0.717, 1.165) is 6.42 Å². The number of hydrogen-bond donors (Lipinski definition) is 2. The van der Waals surface area contributed by atoms with Crippen molar-refractivity contribution in [1.29, 1.82) is 0 Å². The van der Waals surface area contributed by atoms with E-state index in [9.17, 15) is 14.9 Å². The first kappa shape index (κ1) is 14.3. The lowest BCUT2D eigenvalue weighted by Gasteiger charge is -2.17. The van der Waals surface area contributed by atoms with E-state index in [1.165, 1.54) is 18.2 Å². The zero-order chi connectivity index (χ0) is 14.7. The SMILES string of the molecule is Nc1ccc([N+](=O)[O-])cc1C(=O)N1CCC(CCO)C1. The Morgan fingerprint density at radius 1 is 1.55 bits per heavy atom. The van der Waals surface area contributed by atoms with Crippen molar-refractivity contribution >= 4 is 17.3 Å². The van der Waals surface area contributed by atoms with Gasteiger partial charge in [0.05, 0.1) is 10.5 Å². The molecule has 1 aliphatic heterocycles. The van der Waals surface area contributed by atoms with Crippen molar-refractivity contribution in [2.45, 2.75) is 12.8 Å². The van der Waals surface area contributed by atoms with Crippen molar-refractivity contribution < 1.29 is 14.8 Å². The lowest BCUT2D eigenvalue weighted by atomic mass is 10.1. The van der Waals surface area contributed by atoms with Gasteiger partial charge in [0.25, 0.3) is 11.6 Å². The summed E-state index contributed by atoms with van der Waals surface area (Å²) in [4.78, 5) is 24.2. The second-order valence-corrected chi connectivity index (χ2v) is 4.95. The number of hydrogen-bond acceptors (Lipinski definition) is 5. The minimum absolute atomic E-state index is 0.103. The van der Waals surface area contributed by atoms with Crippen molar-refractivity contribution in [2.24, 2.45) is 5.92 Å². The van der Waals surface area contributed by atoms with Crippen molar-refractivity contribution in [1.82, 2.24) is 4.90 Å². The monoisotopic (exact) mass is 279 g/mol. The summed E-state index contributed by atoms with van der Waals surface area (Å²) in [6, 6.07) is 3.88. The van der Waals surface area contributed by atoms with Crippen LogP contribution in [0.1, 0.15) is 23.2 Å². The maximum absolute atomic E-state index is 12.4. The van der Waals surface area contributed by atoms with E-state index in [0.29, 0.717) is 19.5 Å². The third kappa shape index (κ3) is 2.88. The van der Waals surface area contributed by atoms with Crippen LogP contribution in [-0.4, -0.2) is 40.5 Å². The number of carbonyl (C=O) groups excluding carboxylic acids is 1. The molecular formula is C13H17N3O4. The molecule has 0 aromatic heterocycles. The Kier molecular flexibility index (Phi) is 4.19. The van der Waals surface area contributed by atoms with Crippen LogP contribution in [0.5, 0.6) is 0 Å². The molecular weight excluding hydrogens is 262 g/mol. The summed E-state index contributed by atoms with van der Waals surface area (Å²) in [7, 11) is 0. The number of nitrogens with zero attached hydrogens (tertiary/aromatic N) is 2. The van der Waals surface area contributed by atoms with Gasteiger partial charge in [-0.05, 0) is 24.8 Å². The second kappa shape index (κ2) is 5.87. The largest absolute Gasteiger partial charge is 0.398 e. The zero-order valence-corrected chi connectivity index (χ0v) is 11.0. The number of non-ortho nitro benzene ring substituents is 1. The number of anilines is 1. The van der Waals surface area contributed by atoms with Crippen LogP contribution in [0.2, 0.25) is 0 Å². The van der Waals surface area contributed by atoms with Gasteiger partial charge in [-0.1, -0.05) is 0 Å². The second-order valence-electron chi connectivity index (χ2n) is 4.95. The minimum atomic E-state index is -0.547. The van der Waals surface area contributed by atoms with Crippen LogP contribution >= 0.6 is 0 Å². The van der Waals surface area contributed by atoms with Crippen LogP contribution in [0.3, 0.4) is 0 Å². The maximum Gasteiger partial charge on any atom is 0.270 e. The number of carbonyl (C=O) groups is 1. The van der Waals surface area contributed by atoms with Gasteiger partial charge in [-0.3, -0.25) is 14.9 Å². The molecule has 0 spiro atoms. The molecule has 1 heterocycles. The average molecular weight is 279 g/mol. The van der Waals surface area contributed by atoms with E-state index in [2.05, 4.69) is 0 Å². The molecule has 1 aromatic carbocycles. The highest BCUT2D eigenvalue weighted by Gasteiger charge is 2.28. The first-order valence-corrected chi connectivity index (χ1v) is 6.47. The minimum Gasteiger partial charge on any atom is -0.398 e. The summed E-state index contributed by atoms with van der Waals surface area (Å²) in [6.45, 7) is 1.25. The fourth-order valence-corrected chi connectivity index (χ4v) is 2.45. The van der Waals surface area contributed by atoms with Gasteiger partial charge in [-0.25, -0.2) is 0 Å². The number of aliphatic hydroxyl groups excluding tert-OH is 1. The van der Waals surface area contributed by atoms with Gasteiger partial charge >= 0.3 is 0 Å². The van der Waals surface area contributed by atoms with E-state index >= 15 is 0 Å². The van der Waals surface area contributed by atoms with Crippen LogP contribution in [0.4, 0.5) is 11.4 Å². The van der Waals surface area contributed by atoms with Crippen molar-refractivity contribution in [2.75, 3.05) is 25.4 Å². The van der Waals surface area contributed by atoms with Crippen LogP contribution in [0.15, 0.2) is 18.2 Å². The predicted molar refractivity (Wildman–Crippen MR) is 73.2 cm³/mol. The Bertz CT molecular complexity index is 532. The number of nitrogens with two attached hydrogens (primary N) is 1. The number of rotatable bonds is 4. The van der Waals surface area contributed by atoms with E-state index in [-0.39, 0.29) is 35.4 Å². The van der Waals surface area contributed by atoms with Crippen LogP contribution in [-0.2, 0) is 0 Å². The van der Waals surface area contributed by atoms with E-state index < -0.39 is 4.92 Å². The molecule has 0 aliphatic carbocycles. The fourth-order valence-electron chi connectivity index (χ4n) is 2.45. The molecule has 1 saturated heterocycles. The highest BCUT2D eigenvalue weighted by atomic mass is 16.6. The topological polar surface area (TPSA) is 110 Å². The van der Waals surface area contributed by atoms with Gasteiger partial charge in [0.15, 0.2) is 0 Å². The Labute approximate surface area is 116 Å². The van der Waals surface area contributed by atoms with Crippen molar-refractivity contribution in [3.8, 4) is 0 Å². The van der Waals surface area contributed by atoms with Gasteiger partial charge in [0.1, 0.15) is 0 Å². The molecule has 0 bridgehead atoms. The first-order chi connectivity index (χ1) is 9.52. The highest BCUT2D eigenvalue weighted by molar-refractivity contribution is 5.99. The molecule has 1 atom stereocenters. The quantitative estimate of drug-likeness (QED) is 0.486. The Hall–Kier alpha value is -2.15. The summed E-state index contributed by atoms with van der Waals surface area (Å²) < 4.78 is 0. The molecule has 1 fully saturated rings. The number of aliphatic hydroxyl groups is 1. The molecule has 3 N–H and O–H groups in total. The Morgan fingerprint density at radius 2 is 2.30 bits per heavy atom. The molecule has 0 radical (unpaired) electrons. The van der Waals surface area contributed by atoms with Crippen molar-refractivity contribution in [3.05, 3.63) is 33.9 Å². The standard InChI is InChI=1S/C13H17N3O4/c14-12-2-1-10(16(19)20)7-11(12)13(18)15-5-3-9(8-15)4-6-17/h1-2,7,9,17H,3-6,8,14H2. The summed E-state index contributed by atoms with van der Waals surface area (Å²) in [5.74, 6) is -0.00416. The van der Waals surface area contributed by atoms with Gasteiger partial charge in [-0.15, -0.1) is 0 Å². The van der Waals surface area contributed by atoms with Crippen LogP contribution in [0.25, 0.3) is 0 Å². The number of nitrogen functional groups attached to an aromatic ring is 1. The zero-order valence-electron chi connectivity index (χ0n) is 11.0. The summed E-state index contributed by atoms with van der Waals surface area (Å²) in [5.41, 5.74) is 6.01. The Morgan fingerprint density at radius 3 is 2.95 bits per heavy atom. The average Bonchev–Trinajstić information content (AvgIpc) is 2.87. The smallest absolute Gasteiger partial charge is 0.270 e. The summed E-state index contributed by atoms with van der Waals surface area (Å²) >= 11 is 0. The molecule has 7 nitrogen and oxygen atoms in total. The van der Waals surface area contributed by atoms with Crippen LogP contribution < -0.4 is 5.73 Å². The highest BCUT2D eigenvalue weighted by Crippen LogP contribution is 2.25. The summed E-state index contributed by atoms with van der Waals surface area (Å²) in [6.07, 6.45) is 1.50. The third-order valence-electron chi connectivity index (χ3n) is 3.59. The maximum atomic E-state index is 12.4. The summed E-state index contributed by atoms with van der Waals surface area (Å²) in [5, 5.41) is 19.7. The number of nitro groups is 1. The van der Waals surface area contributed by atoms with Gasteiger partial charge in [0.2, 0.25) is 0 Å². The number of amides is 1. The third-order valence-corrected chi connectivity index (χ3v) is 3.59. The Balaban J connectivity index is 2.17. The predicted octanol–water partition coefficient (Wildman–Crippen LogP) is 1.02. The molecule has 7 heteroatoms. The van der Waals surface area contributed by atoms with Gasteiger partial charge in [-0.2, -0.15) is 0 Å². The van der Waals surface area contributed by atoms with Gasteiger partial charge in [0, 0.05) is 37.5 Å². The molecule has 1 unspecified atom stereocenters. The molecule has 1 aliphatic rings. The molecule has 1 amide bonds. The molecule has 0 saturated carbocycles. The van der Waals surface area contributed by atoms with E-state index in [4.69, 9.17) is 10.8 Å². The molecule has 2 rings (SSSR count). The molecule has 1 aromatic rings. The lowest BCUT2D eigenvalue weighted by molar-refractivity contribution is -0.384. The number of likely N-dealkylation sites (tertiary alicyclic amines) is 1. The van der Waals surface area contributed by atoms with E-state index in [1.807, 2.05) is 0 Å². The first-order valence-electron chi connectivity index (χ1n) is 6.47. The molecule has 108 valence electrons. The van der Waals surface area contributed by atoms with Gasteiger partial charge < -0.3 is 15.7 Å². The fraction of sp³-hybridized carbons (Fsp3) is 0.462. The lowest BCUT2D eigenvalue weighted by Crippen LogP contribution is -2.29. The normalized spacial score (nSPS) is 18.2.